The largest absolute Gasteiger partial charge is 0.453 e. The number of rotatable bonds is 0. The van der Waals surface area contributed by atoms with Crippen LogP contribution < -0.4 is 5.56 Å². The van der Waals surface area contributed by atoms with E-state index >= 15 is 0 Å². The van der Waals surface area contributed by atoms with E-state index in [-0.39, 0.29) is 12.1 Å². The molecule has 0 aliphatic carbocycles. The summed E-state index contributed by atoms with van der Waals surface area (Å²) >= 11 is 0. The molecule has 0 spiro atoms. The van der Waals surface area contributed by atoms with Crippen LogP contribution in [0.15, 0.2) is 9.32 Å². The van der Waals surface area contributed by atoms with Crippen LogP contribution in [0.5, 0.6) is 0 Å². The second-order valence-electron chi connectivity index (χ2n) is 3.79. The molecule has 2 heterocycles. The Labute approximate surface area is 92.4 Å². The summed E-state index contributed by atoms with van der Waals surface area (Å²) in [7, 11) is 2.90. The minimum absolute atomic E-state index is 0.175. The van der Waals surface area contributed by atoms with Gasteiger partial charge in [0.25, 0.3) is 5.56 Å². The van der Waals surface area contributed by atoms with Gasteiger partial charge >= 0.3 is 6.09 Å². The maximum atomic E-state index is 11.7. The second-order valence-corrected chi connectivity index (χ2v) is 3.79. The summed E-state index contributed by atoms with van der Waals surface area (Å²) in [5.41, 5.74) is 0.385. The molecule has 1 aliphatic heterocycles. The fraction of sp³-hybridized carbons (Fsp3) is 0.600. The quantitative estimate of drug-likeness (QED) is 0.646. The van der Waals surface area contributed by atoms with Crippen LogP contribution in [-0.4, -0.2) is 29.4 Å². The molecule has 1 aromatic rings. The number of fused-ring (bicyclic) bond motifs is 1. The van der Waals surface area contributed by atoms with Gasteiger partial charge in [-0.05, 0) is 6.42 Å². The first-order valence-corrected chi connectivity index (χ1v) is 5.14. The fourth-order valence-corrected chi connectivity index (χ4v) is 1.91. The lowest BCUT2D eigenvalue weighted by Gasteiger charge is -2.17. The van der Waals surface area contributed by atoms with Gasteiger partial charge in [-0.3, -0.25) is 4.79 Å². The van der Waals surface area contributed by atoms with Gasteiger partial charge in [0.05, 0.1) is 19.2 Å². The highest BCUT2D eigenvalue weighted by Gasteiger charge is 2.24. The van der Waals surface area contributed by atoms with E-state index in [2.05, 4.69) is 4.74 Å². The van der Waals surface area contributed by atoms with Gasteiger partial charge < -0.3 is 14.2 Å². The minimum Gasteiger partial charge on any atom is -0.453 e. The van der Waals surface area contributed by atoms with E-state index in [1.165, 1.54) is 16.7 Å². The Morgan fingerprint density at radius 1 is 1.50 bits per heavy atom. The van der Waals surface area contributed by atoms with E-state index < -0.39 is 6.09 Å². The highest BCUT2D eigenvalue weighted by atomic mass is 16.5. The normalized spacial score (nSPS) is 15.5. The van der Waals surface area contributed by atoms with Crippen molar-refractivity contribution in [2.45, 2.75) is 19.4 Å². The molecule has 0 saturated carbocycles. The van der Waals surface area contributed by atoms with Gasteiger partial charge in [0.1, 0.15) is 5.76 Å². The molecular formula is C10H14N2O4. The molecule has 0 saturated heterocycles. The predicted molar refractivity (Wildman–Crippen MR) is 55.1 cm³/mol. The van der Waals surface area contributed by atoms with Crippen LogP contribution in [-0.2, 0) is 24.8 Å². The van der Waals surface area contributed by atoms with Crippen LogP contribution in [0.1, 0.15) is 17.7 Å². The number of methoxy groups -OCH3 is 1. The highest BCUT2D eigenvalue weighted by molar-refractivity contribution is 5.67. The molecule has 16 heavy (non-hydrogen) atoms. The third-order valence-electron chi connectivity index (χ3n) is 2.74. The number of aromatic nitrogens is 1. The number of hydrogen-bond acceptors (Lipinski definition) is 4. The van der Waals surface area contributed by atoms with Gasteiger partial charge in [0, 0.05) is 20.0 Å². The zero-order valence-electron chi connectivity index (χ0n) is 9.36. The zero-order chi connectivity index (χ0) is 11.7. The van der Waals surface area contributed by atoms with E-state index in [9.17, 15) is 9.59 Å². The van der Waals surface area contributed by atoms with Gasteiger partial charge in [-0.2, -0.15) is 4.74 Å². The van der Waals surface area contributed by atoms with E-state index in [1.807, 2.05) is 0 Å². The molecule has 6 heteroatoms. The lowest BCUT2D eigenvalue weighted by Crippen LogP contribution is -2.32. The zero-order valence-corrected chi connectivity index (χ0v) is 9.36. The summed E-state index contributed by atoms with van der Waals surface area (Å²) < 4.78 is 11.2. The van der Waals surface area contributed by atoms with E-state index in [0.717, 1.165) is 6.42 Å². The summed E-state index contributed by atoms with van der Waals surface area (Å²) in [4.78, 5) is 24.6. The second kappa shape index (κ2) is 4.03. The number of nitrogens with zero attached hydrogens (tertiary/aromatic N) is 2. The maximum absolute atomic E-state index is 11.7. The van der Waals surface area contributed by atoms with Crippen molar-refractivity contribution < 1.29 is 14.1 Å². The molecular weight excluding hydrogens is 212 g/mol. The van der Waals surface area contributed by atoms with Gasteiger partial charge in [-0.1, -0.05) is 0 Å². The van der Waals surface area contributed by atoms with Gasteiger partial charge in [-0.25, -0.2) is 4.79 Å². The van der Waals surface area contributed by atoms with E-state index in [1.54, 1.807) is 7.05 Å². The Kier molecular flexibility index (Phi) is 2.72. The molecule has 1 aromatic heterocycles. The van der Waals surface area contributed by atoms with Crippen LogP contribution in [0.2, 0.25) is 0 Å². The molecule has 1 aliphatic rings. The average molecular weight is 226 g/mol. The van der Waals surface area contributed by atoms with Crippen molar-refractivity contribution in [2.24, 2.45) is 7.05 Å². The Bertz CT molecular complexity index is 460. The lowest BCUT2D eigenvalue weighted by atomic mass is 10.2. The minimum atomic E-state index is -0.406. The van der Waals surface area contributed by atoms with Crippen LogP contribution >= 0.6 is 0 Å². The lowest BCUT2D eigenvalue weighted by molar-refractivity contribution is 0.121. The first-order chi connectivity index (χ1) is 7.63. The van der Waals surface area contributed by atoms with Crippen molar-refractivity contribution in [3.63, 3.8) is 0 Å². The number of hydrogen-bond donors (Lipinski definition) is 0. The standard InChI is InChI=1S/C10H14N2O4/c1-11-9(13)7-6-12(10(14)15-2)5-3-4-8(7)16-11/h3-6H2,1-2H3. The monoisotopic (exact) mass is 226 g/mol. The van der Waals surface area contributed by atoms with E-state index in [4.69, 9.17) is 4.52 Å². The number of ether oxygens (including phenoxy) is 1. The molecule has 6 nitrogen and oxygen atoms in total. The number of aryl methyl sites for hydroxylation is 2. The van der Waals surface area contributed by atoms with Crippen molar-refractivity contribution in [1.82, 2.24) is 9.64 Å². The number of carbonyl (C=O) groups excluding carboxylic acids is 1. The molecule has 0 fully saturated rings. The molecule has 2 rings (SSSR count). The topological polar surface area (TPSA) is 64.7 Å². The Hall–Kier alpha value is -1.72. The highest BCUT2D eigenvalue weighted by Crippen LogP contribution is 2.16. The van der Waals surface area contributed by atoms with Crippen molar-refractivity contribution in [3.05, 3.63) is 21.7 Å². The van der Waals surface area contributed by atoms with Gasteiger partial charge in [-0.15, -0.1) is 0 Å². The maximum Gasteiger partial charge on any atom is 0.409 e. The van der Waals surface area contributed by atoms with Crippen molar-refractivity contribution in [1.29, 1.82) is 0 Å². The molecule has 1 amide bonds. The smallest absolute Gasteiger partial charge is 0.409 e. The van der Waals surface area contributed by atoms with E-state index in [0.29, 0.717) is 24.3 Å². The van der Waals surface area contributed by atoms with Gasteiger partial charge in [0.2, 0.25) is 0 Å². The predicted octanol–water partition coefficient (Wildman–Crippen LogP) is 0.493. The van der Waals surface area contributed by atoms with Crippen molar-refractivity contribution in [3.8, 4) is 0 Å². The van der Waals surface area contributed by atoms with Gasteiger partial charge in [0.15, 0.2) is 0 Å². The number of carbonyl (C=O) groups is 1. The van der Waals surface area contributed by atoms with Crippen LogP contribution in [0.3, 0.4) is 0 Å². The molecule has 0 radical (unpaired) electrons. The molecule has 0 bridgehead atoms. The molecule has 0 atom stereocenters. The Morgan fingerprint density at radius 3 is 2.94 bits per heavy atom. The first kappa shape index (κ1) is 10.8. The summed E-state index contributed by atoms with van der Waals surface area (Å²) in [6.07, 6.45) is 1.05. The van der Waals surface area contributed by atoms with Crippen LogP contribution in [0, 0.1) is 0 Å². The molecule has 88 valence electrons. The van der Waals surface area contributed by atoms with Crippen molar-refractivity contribution >= 4 is 6.09 Å². The SMILES string of the molecule is COC(=O)N1CCCc2on(C)c(=O)c2C1. The summed E-state index contributed by atoms with van der Waals surface area (Å²) in [5, 5.41) is 0. The Balaban J connectivity index is 2.33. The summed E-state index contributed by atoms with van der Waals surface area (Å²) in [6.45, 7) is 0.852. The van der Waals surface area contributed by atoms with Crippen LogP contribution in [0.4, 0.5) is 4.79 Å². The Morgan fingerprint density at radius 2 is 2.25 bits per heavy atom. The third-order valence-corrected chi connectivity index (χ3v) is 2.74. The average Bonchev–Trinajstić information content (AvgIpc) is 2.46. The molecule has 0 aromatic carbocycles. The van der Waals surface area contributed by atoms with Crippen molar-refractivity contribution in [2.75, 3.05) is 13.7 Å². The third kappa shape index (κ3) is 1.70. The summed E-state index contributed by atoms with van der Waals surface area (Å²) in [5.74, 6) is 0.680. The number of amides is 1. The van der Waals surface area contributed by atoms with Crippen LogP contribution in [0.25, 0.3) is 0 Å². The molecule has 0 unspecified atom stereocenters. The summed E-state index contributed by atoms with van der Waals surface area (Å²) in [6, 6.07) is 0. The molecule has 0 N–H and O–H groups in total. The fourth-order valence-electron chi connectivity index (χ4n) is 1.91. The first-order valence-electron chi connectivity index (χ1n) is 5.14.